The van der Waals surface area contributed by atoms with Crippen LogP contribution in [0, 0.1) is 6.92 Å². The molecule has 4 heteroatoms. The van der Waals surface area contributed by atoms with Crippen molar-refractivity contribution < 1.29 is 4.79 Å². The zero-order valence-electron chi connectivity index (χ0n) is 11.8. The number of allylic oxidation sites excluding steroid dienone is 2. The maximum Gasteiger partial charge on any atom is 0.187 e. The number of nitrogens with one attached hydrogen (secondary N) is 1. The van der Waals surface area contributed by atoms with Crippen LogP contribution in [-0.4, -0.2) is 5.78 Å². The molecule has 0 heterocycles. The monoisotopic (exact) mass is 319 g/mol. The highest BCUT2D eigenvalue weighted by atomic mass is 35.5. The third-order valence-electron chi connectivity index (χ3n) is 2.95. The molecular weight excluding hydrogens is 305 g/mol. The Labute approximate surface area is 134 Å². The highest BCUT2D eigenvalue weighted by molar-refractivity contribution is 6.36. The van der Waals surface area contributed by atoms with Gasteiger partial charge in [0.15, 0.2) is 5.78 Å². The molecule has 0 aromatic heterocycles. The van der Waals surface area contributed by atoms with Crippen molar-refractivity contribution in [3.05, 3.63) is 75.4 Å². The first kappa shape index (κ1) is 15.6. The molecule has 0 saturated heterocycles. The van der Waals surface area contributed by atoms with Gasteiger partial charge in [-0.15, -0.1) is 0 Å². The SMILES string of the molecule is C/C(=C\C(=O)c1ccc(C)cc1)Nc1ccc(Cl)cc1Cl. The summed E-state index contributed by atoms with van der Waals surface area (Å²) in [6, 6.07) is 12.6. The molecule has 0 saturated carbocycles. The zero-order chi connectivity index (χ0) is 15.4. The molecule has 0 atom stereocenters. The molecule has 0 fully saturated rings. The molecule has 21 heavy (non-hydrogen) atoms. The van der Waals surface area contributed by atoms with E-state index >= 15 is 0 Å². The lowest BCUT2D eigenvalue weighted by molar-refractivity contribution is 0.104. The molecule has 0 amide bonds. The maximum absolute atomic E-state index is 12.1. The van der Waals surface area contributed by atoms with Crippen LogP contribution >= 0.6 is 23.2 Å². The van der Waals surface area contributed by atoms with E-state index in [-0.39, 0.29) is 5.78 Å². The predicted octanol–water partition coefficient (Wildman–Crippen LogP) is 5.50. The van der Waals surface area contributed by atoms with Crippen LogP contribution in [0.25, 0.3) is 0 Å². The molecule has 0 aliphatic carbocycles. The number of aryl methyl sites for hydroxylation is 1. The largest absolute Gasteiger partial charge is 0.358 e. The van der Waals surface area contributed by atoms with Crippen molar-refractivity contribution >= 4 is 34.7 Å². The summed E-state index contributed by atoms with van der Waals surface area (Å²) in [5, 5.41) is 4.18. The van der Waals surface area contributed by atoms with E-state index in [4.69, 9.17) is 23.2 Å². The Kier molecular flexibility index (Phi) is 5.05. The molecule has 2 nitrogen and oxygen atoms in total. The van der Waals surface area contributed by atoms with Crippen molar-refractivity contribution in [3.63, 3.8) is 0 Å². The first-order valence-corrected chi connectivity index (χ1v) is 7.22. The minimum atomic E-state index is -0.0508. The van der Waals surface area contributed by atoms with Crippen LogP contribution in [0.1, 0.15) is 22.8 Å². The van der Waals surface area contributed by atoms with Crippen LogP contribution in [0.2, 0.25) is 10.0 Å². The normalized spacial score (nSPS) is 11.3. The van der Waals surface area contributed by atoms with Gasteiger partial charge in [0.05, 0.1) is 10.7 Å². The lowest BCUT2D eigenvalue weighted by Gasteiger charge is -2.09. The van der Waals surface area contributed by atoms with Gasteiger partial charge in [-0.05, 0) is 32.0 Å². The van der Waals surface area contributed by atoms with Gasteiger partial charge in [-0.1, -0.05) is 53.0 Å². The van der Waals surface area contributed by atoms with Crippen molar-refractivity contribution in [1.82, 2.24) is 0 Å². The molecule has 2 aromatic rings. The van der Waals surface area contributed by atoms with E-state index in [9.17, 15) is 4.79 Å². The summed E-state index contributed by atoms with van der Waals surface area (Å²) in [5.74, 6) is -0.0508. The third kappa shape index (κ3) is 4.35. The van der Waals surface area contributed by atoms with Crippen LogP contribution < -0.4 is 5.32 Å². The van der Waals surface area contributed by atoms with Crippen molar-refractivity contribution in [1.29, 1.82) is 0 Å². The maximum atomic E-state index is 12.1. The van der Waals surface area contributed by atoms with Gasteiger partial charge in [0, 0.05) is 22.4 Å². The lowest BCUT2D eigenvalue weighted by atomic mass is 10.1. The van der Waals surface area contributed by atoms with Crippen LogP contribution in [0.5, 0.6) is 0 Å². The number of benzene rings is 2. The minimum absolute atomic E-state index is 0.0508. The second kappa shape index (κ2) is 6.79. The van der Waals surface area contributed by atoms with Gasteiger partial charge in [-0.25, -0.2) is 0 Å². The van der Waals surface area contributed by atoms with Crippen molar-refractivity contribution in [3.8, 4) is 0 Å². The molecule has 0 aliphatic rings. The van der Waals surface area contributed by atoms with E-state index in [0.717, 1.165) is 5.56 Å². The van der Waals surface area contributed by atoms with Crippen LogP contribution in [0.4, 0.5) is 5.69 Å². The molecule has 0 unspecified atom stereocenters. The van der Waals surface area contributed by atoms with E-state index in [2.05, 4.69) is 5.32 Å². The molecule has 2 rings (SSSR count). The summed E-state index contributed by atoms with van der Waals surface area (Å²) in [5.41, 5.74) is 3.21. The molecule has 0 aliphatic heterocycles. The van der Waals surface area contributed by atoms with Gasteiger partial charge in [-0.3, -0.25) is 4.79 Å². The summed E-state index contributed by atoms with van der Waals surface area (Å²) in [6.45, 7) is 3.80. The minimum Gasteiger partial charge on any atom is -0.358 e. The molecule has 2 aromatic carbocycles. The fourth-order valence-corrected chi connectivity index (χ4v) is 2.29. The first-order valence-electron chi connectivity index (χ1n) is 6.47. The highest BCUT2D eigenvalue weighted by Gasteiger charge is 2.05. The Morgan fingerprint density at radius 1 is 1.10 bits per heavy atom. The highest BCUT2D eigenvalue weighted by Crippen LogP contribution is 2.26. The van der Waals surface area contributed by atoms with Gasteiger partial charge >= 0.3 is 0 Å². The topological polar surface area (TPSA) is 29.1 Å². The number of hydrogen-bond acceptors (Lipinski definition) is 2. The molecule has 0 bridgehead atoms. The summed E-state index contributed by atoms with van der Waals surface area (Å²) in [4.78, 5) is 12.1. The standard InChI is InChI=1S/C17H15Cl2NO/c1-11-3-5-13(6-4-11)17(21)9-12(2)20-16-8-7-14(18)10-15(16)19/h3-10,20H,1-2H3/b12-9+. The molecule has 0 spiro atoms. The van der Waals surface area contributed by atoms with Gasteiger partial charge in [0.2, 0.25) is 0 Å². The smallest absolute Gasteiger partial charge is 0.187 e. The third-order valence-corrected chi connectivity index (χ3v) is 3.49. The van der Waals surface area contributed by atoms with E-state index in [1.807, 2.05) is 38.1 Å². The molecular formula is C17H15Cl2NO. The second-order valence-electron chi connectivity index (χ2n) is 4.81. The molecule has 0 radical (unpaired) electrons. The fourth-order valence-electron chi connectivity index (χ4n) is 1.84. The van der Waals surface area contributed by atoms with E-state index in [1.54, 1.807) is 24.3 Å². The second-order valence-corrected chi connectivity index (χ2v) is 5.65. The Morgan fingerprint density at radius 2 is 1.76 bits per heavy atom. The zero-order valence-corrected chi connectivity index (χ0v) is 13.3. The number of halogens is 2. The fraction of sp³-hybridized carbons (Fsp3) is 0.118. The Morgan fingerprint density at radius 3 is 2.38 bits per heavy atom. The van der Waals surface area contributed by atoms with Crippen LogP contribution in [-0.2, 0) is 0 Å². The van der Waals surface area contributed by atoms with Crippen molar-refractivity contribution in [2.75, 3.05) is 5.32 Å². The summed E-state index contributed by atoms with van der Waals surface area (Å²) < 4.78 is 0. The number of carbonyl (C=O) groups excluding carboxylic acids is 1. The first-order chi connectivity index (χ1) is 9.95. The quantitative estimate of drug-likeness (QED) is 0.595. The number of anilines is 1. The Balaban J connectivity index is 2.13. The van der Waals surface area contributed by atoms with E-state index < -0.39 is 0 Å². The van der Waals surface area contributed by atoms with Gasteiger partial charge in [-0.2, -0.15) is 0 Å². The van der Waals surface area contributed by atoms with Gasteiger partial charge < -0.3 is 5.32 Å². The average molecular weight is 320 g/mol. The average Bonchev–Trinajstić information content (AvgIpc) is 2.42. The van der Waals surface area contributed by atoms with Crippen molar-refractivity contribution in [2.24, 2.45) is 0 Å². The predicted molar refractivity (Wildman–Crippen MR) is 89.4 cm³/mol. The van der Waals surface area contributed by atoms with E-state index in [0.29, 0.717) is 27.0 Å². The van der Waals surface area contributed by atoms with E-state index in [1.165, 1.54) is 0 Å². The van der Waals surface area contributed by atoms with Crippen LogP contribution in [0.15, 0.2) is 54.2 Å². The van der Waals surface area contributed by atoms with Gasteiger partial charge in [0.1, 0.15) is 0 Å². The summed E-state index contributed by atoms with van der Waals surface area (Å²) in [6.07, 6.45) is 1.55. The number of hydrogen-bond donors (Lipinski definition) is 1. The lowest BCUT2D eigenvalue weighted by Crippen LogP contribution is -2.01. The van der Waals surface area contributed by atoms with Crippen LogP contribution in [0.3, 0.4) is 0 Å². The Bertz CT molecular complexity index is 690. The summed E-state index contributed by atoms with van der Waals surface area (Å²) >= 11 is 11.9. The Hall–Kier alpha value is -1.77. The van der Waals surface area contributed by atoms with Gasteiger partial charge in [0.25, 0.3) is 0 Å². The number of ketones is 1. The molecule has 1 N–H and O–H groups in total. The number of rotatable bonds is 4. The van der Waals surface area contributed by atoms with Crippen molar-refractivity contribution in [2.45, 2.75) is 13.8 Å². The molecule has 108 valence electrons. The summed E-state index contributed by atoms with van der Waals surface area (Å²) in [7, 11) is 0. The number of carbonyl (C=O) groups is 1.